The van der Waals surface area contributed by atoms with Gasteiger partial charge in [0.2, 0.25) is 0 Å². The number of pyridine rings is 1. The van der Waals surface area contributed by atoms with E-state index >= 15 is 0 Å². The fourth-order valence-corrected chi connectivity index (χ4v) is 3.15. The van der Waals surface area contributed by atoms with Crippen LogP contribution in [-0.2, 0) is 10.9 Å². The number of halogens is 4. The van der Waals surface area contributed by atoms with E-state index < -0.39 is 35.5 Å². The fraction of sp³-hybridized carbons (Fsp3) is 0.190. The number of hydrogen-bond acceptors (Lipinski definition) is 6. The van der Waals surface area contributed by atoms with Gasteiger partial charge >= 0.3 is 12.3 Å². The number of rotatable bonds is 5. The lowest BCUT2D eigenvalue weighted by molar-refractivity contribution is -0.141. The van der Waals surface area contributed by atoms with E-state index in [0.717, 1.165) is 4.90 Å². The Bertz CT molecular complexity index is 1260. The molecule has 0 aliphatic carbocycles. The van der Waals surface area contributed by atoms with Gasteiger partial charge in [0.1, 0.15) is 5.69 Å². The summed E-state index contributed by atoms with van der Waals surface area (Å²) in [4.78, 5) is 42.3. The first-order valence-electron chi connectivity index (χ1n) is 9.93. The van der Waals surface area contributed by atoms with Gasteiger partial charge in [0.25, 0.3) is 11.8 Å². The number of hydrogen-bond donors (Lipinski definition) is 2. The average Bonchev–Trinajstić information content (AvgIpc) is 3.28. The Hall–Kier alpha value is -4.13. The van der Waals surface area contributed by atoms with E-state index in [0.29, 0.717) is 10.7 Å². The standard InChI is InChI=1S/C21H18ClF3N6O4/c1-3-35-20(34)28-27-18(32)12-7-4-5-9-14(12)30(2)19(33)15-11-16(21(23,24)25)29-31(15)17-13(22)8-6-10-26-17/h4-11H,3H2,1-2H3,(H,27,32)(H,28,34). The fourth-order valence-electron chi connectivity index (χ4n) is 2.95. The van der Waals surface area contributed by atoms with Gasteiger partial charge in [-0.2, -0.15) is 18.3 Å². The van der Waals surface area contributed by atoms with Gasteiger partial charge in [-0.15, -0.1) is 0 Å². The van der Waals surface area contributed by atoms with E-state index in [-0.39, 0.29) is 28.7 Å². The first-order valence-corrected chi connectivity index (χ1v) is 10.3. The zero-order valence-corrected chi connectivity index (χ0v) is 19.0. The summed E-state index contributed by atoms with van der Waals surface area (Å²) in [6, 6.07) is 9.18. The molecule has 1 aromatic carbocycles. The van der Waals surface area contributed by atoms with Crippen LogP contribution >= 0.6 is 11.6 Å². The molecule has 0 fully saturated rings. The second-order valence-corrected chi connectivity index (χ2v) is 7.22. The van der Waals surface area contributed by atoms with Crippen molar-refractivity contribution in [2.24, 2.45) is 0 Å². The van der Waals surface area contributed by atoms with Gasteiger partial charge in [0.15, 0.2) is 11.5 Å². The third-order valence-corrected chi connectivity index (χ3v) is 4.82. The zero-order chi connectivity index (χ0) is 25.8. The Balaban J connectivity index is 1.99. The van der Waals surface area contributed by atoms with E-state index in [2.05, 4.69) is 20.2 Å². The van der Waals surface area contributed by atoms with Crippen molar-refractivity contribution in [3.8, 4) is 5.82 Å². The molecule has 2 aromatic heterocycles. The molecule has 0 aliphatic rings. The highest BCUT2D eigenvalue weighted by Gasteiger charge is 2.37. The molecule has 14 heteroatoms. The number of anilines is 1. The number of carbonyl (C=O) groups is 3. The molecule has 2 N–H and O–H groups in total. The summed E-state index contributed by atoms with van der Waals surface area (Å²) in [5, 5.41) is 3.45. The molecule has 184 valence electrons. The van der Waals surface area contributed by atoms with Gasteiger partial charge in [0.05, 0.1) is 22.9 Å². The van der Waals surface area contributed by atoms with Crippen LogP contribution in [0, 0.1) is 0 Å². The first-order chi connectivity index (χ1) is 16.5. The maximum absolute atomic E-state index is 13.4. The van der Waals surface area contributed by atoms with Crippen LogP contribution in [0.2, 0.25) is 5.02 Å². The molecule has 3 rings (SSSR count). The largest absolute Gasteiger partial charge is 0.449 e. The second kappa shape index (κ2) is 10.4. The lowest BCUT2D eigenvalue weighted by Gasteiger charge is -2.21. The van der Waals surface area contributed by atoms with Crippen molar-refractivity contribution < 1.29 is 32.3 Å². The molecule has 0 saturated heterocycles. The van der Waals surface area contributed by atoms with Gasteiger partial charge in [0, 0.05) is 19.3 Å². The number of amides is 3. The molecular formula is C21H18ClF3N6O4. The molecule has 0 aliphatic heterocycles. The van der Waals surface area contributed by atoms with Crippen LogP contribution in [-0.4, -0.2) is 46.3 Å². The monoisotopic (exact) mass is 510 g/mol. The number of carbonyl (C=O) groups excluding carboxylic acids is 3. The van der Waals surface area contributed by atoms with Crippen LogP contribution in [0.25, 0.3) is 5.82 Å². The van der Waals surface area contributed by atoms with Crippen molar-refractivity contribution in [2.75, 3.05) is 18.6 Å². The third-order valence-electron chi connectivity index (χ3n) is 4.53. The van der Waals surface area contributed by atoms with E-state index in [1.54, 1.807) is 6.92 Å². The minimum atomic E-state index is -4.85. The highest BCUT2D eigenvalue weighted by Crippen LogP contribution is 2.31. The molecular weight excluding hydrogens is 493 g/mol. The van der Waals surface area contributed by atoms with Crippen molar-refractivity contribution in [1.29, 1.82) is 0 Å². The minimum absolute atomic E-state index is 0.0362. The summed E-state index contributed by atoms with van der Waals surface area (Å²) in [6.45, 7) is 1.65. The second-order valence-electron chi connectivity index (χ2n) is 6.81. The molecule has 0 bridgehead atoms. The Morgan fingerprint density at radius 2 is 1.86 bits per heavy atom. The molecule has 0 unspecified atom stereocenters. The zero-order valence-electron chi connectivity index (χ0n) is 18.3. The van der Waals surface area contributed by atoms with Gasteiger partial charge < -0.3 is 9.64 Å². The Kier molecular flexibility index (Phi) is 7.59. The van der Waals surface area contributed by atoms with Crippen LogP contribution in [0.15, 0.2) is 48.7 Å². The van der Waals surface area contributed by atoms with Crippen LogP contribution < -0.4 is 15.8 Å². The quantitative estimate of drug-likeness (QED) is 0.506. The number of para-hydroxylation sites is 1. The van der Waals surface area contributed by atoms with E-state index in [4.69, 9.17) is 11.6 Å². The van der Waals surface area contributed by atoms with Crippen molar-refractivity contribution in [3.63, 3.8) is 0 Å². The topological polar surface area (TPSA) is 118 Å². The number of nitrogens with one attached hydrogen (secondary N) is 2. The average molecular weight is 511 g/mol. The molecule has 0 radical (unpaired) electrons. The SMILES string of the molecule is CCOC(=O)NNC(=O)c1ccccc1N(C)C(=O)c1cc(C(F)(F)F)nn1-c1ncccc1Cl. The number of ether oxygens (including phenoxy) is 1. The number of aromatic nitrogens is 3. The van der Waals surface area contributed by atoms with Crippen molar-refractivity contribution in [2.45, 2.75) is 13.1 Å². The molecule has 2 heterocycles. The predicted molar refractivity (Wildman–Crippen MR) is 118 cm³/mol. The number of benzene rings is 1. The molecule has 10 nitrogen and oxygen atoms in total. The van der Waals surface area contributed by atoms with E-state index in [1.165, 1.54) is 49.6 Å². The molecule has 3 aromatic rings. The van der Waals surface area contributed by atoms with Gasteiger partial charge in [-0.3, -0.25) is 15.0 Å². The smallest absolute Gasteiger partial charge is 0.435 e. The van der Waals surface area contributed by atoms with Crippen LogP contribution in [0.5, 0.6) is 0 Å². The van der Waals surface area contributed by atoms with Gasteiger partial charge in [-0.25, -0.2) is 19.9 Å². The Labute approximate surface area is 201 Å². The van der Waals surface area contributed by atoms with Crippen LogP contribution in [0.4, 0.5) is 23.7 Å². The molecule has 0 spiro atoms. The summed E-state index contributed by atoms with van der Waals surface area (Å²) in [7, 11) is 1.26. The Morgan fingerprint density at radius 1 is 1.14 bits per heavy atom. The third kappa shape index (κ3) is 5.69. The summed E-state index contributed by atoms with van der Waals surface area (Å²) in [5.74, 6) is -1.93. The number of hydrazine groups is 1. The predicted octanol–water partition coefficient (Wildman–Crippen LogP) is 3.61. The minimum Gasteiger partial charge on any atom is -0.449 e. The van der Waals surface area contributed by atoms with E-state index in [1.807, 2.05) is 5.43 Å². The highest BCUT2D eigenvalue weighted by atomic mass is 35.5. The summed E-state index contributed by atoms with van der Waals surface area (Å²) in [5.41, 5.74) is 2.32. The normalized spacial score (nSPS) is 11.0. The van der Waals surface area contributed by atoms with Crippen LogP contribution in [0.3, 0.4) is 0 Å². The van der Waals surface area contributed by atoms with Crippen molar-refractivity contribution in [1.82, 2.24) is 25.6 Å². The molecule has 3 amide bonds. The van der Waals surface area contributed by atoms with Crippen molar-refractivity contribution in [3.05, 3.63) is 70.6 Å². The van der Waals surface area contributed by atoms with Gasteiger partial charge in [-0.05, 0) is 31.2 Å². The number of alkyl halides is 3. The number of nitrogens with zero attached hydrogens (tertiary/aromatic N) is 4. The van der Waals surface area contributed by atoms with Crippen LogP contribution in [0.1, 0.15) is 33.5 Å². The summed E-state index contributed by atoms with van der Waals surface area (Å²) in [6.07, 6.45) is -4.47. The maximum Gasteiger partial charge on any atom is 0.435 e. The van der Waals surface area contributed by atoms with Gasteiger partial charge in [-0.1, -0.05) is 23.7 Å². The highest BCUT2D eigenvalue weighted by molar-refractivity contribution is 6.32. The first kappa shape index (κ1) is 25.5. The Morgan fingerprint density at radius 3 is 2.51 bits per heavy atom. The van der Waals surface area contributed by atoms with E-state index in [9.17, 15) is 27.6 Å². The lowest BCUT2D eigenvalue weighted by atomic mass is 10.1. The van der Waals surface area contributed by atoms with Crippen molar-refractivity contribution >= 4 is 35.2 Å². The molecule has 0 atom stereocenters. The molecule has 0 saturated carbocycles. The summed E-state index contributed by atoms with van der Waals surface area (Å²) < 4.78 is 45.6. The lowest BCUT2D eigenvalue weighted by Crippen LogP contribution is -2.42. The summed E-state index contributed by atoms with van der Waals surface area (Å²) >= 11 is 6.08. The maximum atomic E-state index is 13.4. The molecule has 35 heavy (non-hydrogen) atoms.